The average molecular weight is 400 g/mol. The number of methoxy groups -OCH3 is 2. The first-order valence-electron chi connectivity index (χ1n) is 5.94. The molecule has 0 aliphatic rings. The Morgan fingerprint density at radius 3 is 2.43 bits per heavy atom. The van der Waals surface area contributed by atoms with Crippen LogP contribution in [0, 0.1) is 3.77 Å². The van der Waals surface area contributed by atoms with E-state index in [1.54, 1.807) is 30.3 Å². The van der Waals surface area contributed by atoms with E-state index in [0.29, 0.717) is 22.8 Å². The van der Waals surface area contributed by atoms with Crippen molar-refractivity contribution in [3.05, 3.63) is 45.4 Å². The number of carbonyl (C=O) groups excluding carboxylic acids is 1. The zero-order chi connectivity index (χ0) is 15.2. The number of halogens is 1. The smallest absolute Gasteiger partial charge is 0.271 e. The van der Waals surface area contributed by atoms with Gasteiger partial charge in [0.15, 0.2) is 3.77 Å². The van der Waals surface area contributed by atoms with Gasteiger partial charge in [-0.25, -0.2) is 5.43 Å². The van der Waals surface area contributed by atoms with E-state index in [9.17, 15) is 4.79 Å². The molecule has 21 heavy (non-hydrogen) atoms. The number of ether oxygens (including phenoxy) is 2. The molecule has 0 atom stereocenters. The predicted molar refractivity (Wildman–Crippen MR) is 86.0 cm³/mol. The molecule has 1 amide bonds. The number of nitrogens with zero attached hydrogens (tertiary/aromatic N) is 1. The first-order chi connectivity index (χ1) is 10.1. The van der Waals surface area contributed by atoms with Gasteiger partial charge in [-0.05, 0) is 46.9 Å². The van der Waals surface area contributed by atoms with Crippen LogP contribution in [0.2, 0.25) is 0 Å². The number of rotatable bonds is 5. The third kappa shape index (κ3) is 4.22. The van der Waals surface area contributed by atoms with Crippen molar-refractivity contribution in [3.8, 4) is 11.5 Å². The van der Waals surface area contributed by atoms with Crippen LogP contribution >= 0.6 is 22.6 Å². The highest BCUT2D eigenvalue weighted by Crippen LogP contribution is 2.22. The Balaban J connectivity index is 2.07. The van der Waals surface area contributed by atoms with Gasteiger partial charge in [-0.2, -0.15) is 5.10 Å². The number of nitrogens with one attached hydrogen (secondary N) is 1. The Labute approximate surface area is 135 Å². The van der Waals surface area contributed by atoms with Crippen molar-refractivity contribution in [2.45, 2.75) is 0 Å². The van der Waals surface area contributed by atoms with Crippen molar-refractivity contribution in [2.24, 2.45) is 5.10 Å². The minimum atomic E-state index is -0.371. The van der Waals surface area contributed by atoms with E-state index in [0.717, 1.165) is 3.77 Å². The van der Waals surface area contributed by atoms with E-state index in [2.05, 4.69) is 10.5 Å². The van der Waals surface area contributed by atoms with Gasteiger partial charge >= 0.3 is 0 Å². The van der Waals surface area contributed by atoms with Crippen LogP contribution in [0.25, 0.3) is 0 Å². The highest BCUT2D eigenvalue weighted by Gasteiger charge is 2.09. The molecule has 0 radical (unpaired) electrons. The van der Waals surface area contributed by atoms with Gasteiger partial charge in [0.05, 0.1) is 20.4 Å². The average Bonchev–Trinajstić information content (AvgIpc) is 2.92. The van der Waals surface area contributed by atoms with Gasteiger partial charge < -0.3 is 13.9 Å². The van der Waals surface area contributed by atoms with Crippen LogP contribution in [0.3, 0.4) is 0 Å². The summed E-state index contributed by atoms with van der Waals surface area (Å²) in [7, 11) is 3.04. The molecular formula is C14H13IN2O4. The molecule has 0 spiro atoms. The highest BCUT2D eigenvalue weighted by atomic mass is 127. The normalized spacial score (nSPS) is 10.6. The summed E-state index contributed by atoms with van der Waals surface area (Å²) < 4.78 is 16.3. The van der Waals surface area contributed by atoms with Crippen LogP contribution in [0.5, 0.6) is 11.5 Å². The maximum atomic E-state index is 12.0. The first-order valence-corrected chi connectivity index (χ1v) is 7.02. The second-order valence-electron chi connectivity index (χ2n) is 3.94. The fourth-order valence-corrected chi connectivity index (χ4v) is 1.99. The number of hydrogen-bond acceptors (Lipinski definition) is 5. The molecule has 1 aromatic carbocycles. The molecule has 0 saturated heterocycles. The molecule has 0 unspecified atom stereocenters. The zero-order valence-corrected chi connectivity index (χ0v) is 13.6. The molecule has 0 saturated carbocycles. The van der Waals surface area contributed by atoms with Crippen molar-refractivity contribution in [3.63, 3.8) is 0 Å². The van der Waals surface area contributed by atoms with Crippen molar-refractivity contribution in [1.29, 1.82) is 0 Å². The summed E-state index contributed by atoms with van der Waals surface area (Å²) >= 11 is 2.05. The number of benzene rings is 1. The molecule has 0 bridgehead atoms. The molecule has 1 aromatic heterocycles. The molecule has 0 aliphatic carbocycles. The second-order valence-corrected chi connectivity index (χ2v) is 5.01. The fourth-order valence-electron chi connectivity index (χ4n) is 1.56. The van der Waals surface area contributed by atoms with Gasteiger partial charge in [-0.1, -0.05) is 0 Å². The molecule has 0 aliphatic heterocycles. The lowest BCUT2D eigenvalue weighted by Gasteiger charge is -2.07. The summed E-state index contributed by atoms with van der Waals surface area (Å²) in [5, 5.41) is 3.84. The maximum absolute atomic E-state index is 12.0. The largest absolute Gasteiger partial charge is 0.497 e. The topological polar surface area (TPSA) is 73.1 Å². The predicted octanol–water partition coefficient (Wildman–Crippen LogP) is 2.67. The number of hydrogen-bond donors (Lipinski definition) is 1. The zero-order valence-electron chi connectivity index (χ0n) is 11.4. The summed E-state index contributed by atoms with van der Waals surface area (Å²) in [4.78, 5) is 12.0. The number of hydrazone groups is 1. The third-order valence-corrected chi connectivity index (χ3v) is 3.15. The summed E-state index contributed by atoms with van der Waals surface area (Å²) in [6.07, 6.45) is 1.43. The maximum Gasteiger partial charge on any atom is 0.271 e. The molecule has 6 nitrogen and oxygen atoms in total. The van der Waals surface area contributed by atoms with Crippen LogP contribution in [-0.2, 0) is 0 Å². The standard InChI is InChI=1S/C14H13IN2O4/c1-19-11-5-9(6-12(7-11)20-2)14(18)17-16-8-10-3-4-13(15)21-10/h3-8H,1-2H3,(H,17,18). The summed E-state index contributed by atoms with van der Waals surface area (Å²) in [5.41, 5.74) is 2.80. The SMILES string of the molecule is COc1cc(OC)cc(C(=O)NN=Cc2ccc(I)o2)c1. The number of carbonyl (C=O) groups is 1. The minimum absolute atomic E-state index is 0.371. The van der Waals surface area contributed by atoms with Crippen molar-refractivity contribution in [2.75, 3.05) is 14.2 Å². The van der Waals surface area contributed by atoms with Crippen molar-refractivity contribution >= 4 is 34.7 Å². The van der Waals surface area contributed by atoms with Gasteiger partial charge in [-0.15, -0.1) is 0 Å². The molecule has 110 valence electrons. The Hall–Kier alpha value is -2.03. The lowest BCUT2D eigenvalue weighted by atomic mass is 10.2. The Bertz CT molecular complexity index is 644. The highest BCUT2D eigenvalue weighted by molar-refractivity contribution is 14.1. The van der Waals surface area contributed by atoms with Crippen LogP contribution < -0.4 is 14.9 Å². The Morgan fingerprint density at radius 1 is 1.24 bits per heavy atom. The van der Waals surface area contributed by atoms with E-state index in [1.165, 1.54) is 20.4 Å². The summed E-state index contributed by atoms with van der Waals surface area (Å²) in [6, 6.07) is 8.44. The first kappa shape index (κ1) is 15.4. The van der Waals surface area contributed by atoms with Gasteiger partial charge in [0.2, 0.25) is 0 Å². The van der Waals surface area contributed by atoms with Crippen LogP contribution in [0.1, 0.15) is 16.1 Å². The number of furan rings is 1. The lowest BCUT2D eigenvalue weighted by molar-refractivity contribution is 0.0954. The van der Waals surface area contributed by atoms with Gasteiger partial charge in [0.1, 0.15) is 17.3 Å². The van der Waals surface area contributed by atoms with E-state index < -0.39 is 0 Å². The molecule has 2 aromatic rings. The van der Waals surface area contributed by atoms with E-state index in [-0.39, 0.29) is 5.91 Å². The minimum Gasteiger partial charge on any atom is -0.497 e. The van der Waals surface area contributed by atoms with Gasteiger partial charge in [0.25, 0.3) is 5.91 Å². The molecular weight excluding hydrogens is 387 g/mol. The lowest BCUT2D eigenvalue weighted by Crippen LogP contribution is -2.17. The Morgan fingerprint density at radius 2 is 1.90 bits per heavy atom. The van der Waals surface area contributed by atoms with Crippen molar-refractivity contribution < 1.29 is 18.7 Å². The van der Waals surface area contributed by atoms with Crippen LogP contribution in [-0.4, -0.2) is 26.3 Å². The second kappa shape index (κ2) is 7.11. The van der Waals surface area contributed by atoms with E-state index >= 15 is 0 Å². The summed E-state index contributed by atoms with van der Waals surface area (Å²) in [5.74, 6) is 1.25. The molecule has 7 heteroatoms. The van der Waals surface area contributed by atoms with Gasteiger partial charge in [-0.3, -0.25) is 4.79 Å². The monoisotopic (exact) mass is 400 g/mol. The summed E-state index contributed by atoms with van der Waals surface area (Å²) in [6.45, 7) is 0. The Kier molecular flexibility index (Phi) is 5.20. The number of amides is 1. The molecule has 0 fully saturated rings. The van der Waals surface area contributed by atoms with E-state index in [1.807, 2.05) is 22.6 Å². The quantitative estimate of drug-likeness (QED) is 0.476. The third-order valence-electron chi connectivity index (χ3n) is 2.57. The van der Waals surface area contributed by atoms with E-state index in [4.69, 9.17) is 13.9 Å². The van der Waals surface area contributed by atoms with Gasteiger partial charge in [0, 0.05) is 11.6 Å². The fraction of sp³-hybridized carbons (Fsp3) is 0.143. The molecule has 1 N–H and O–H groups in total. The van der Waals surface area contributed by atoms with Crippen LogP contribution in [0.4, 0.5) is 0 Å². The molecule has 1 heterocycles. The molecule has 2 rings (SSSR count). The van der Waals surface area contributed by atoms with Crippen molar-refractivity contribution in [1.82, 2.24) is 5.43 Å². The van der Waals surface area contributed by atoms with Crippen LogP contribution in [0.15, 0.2) is 39.9 Å².